The van der Waals surface area contributed by atoms with Gasteiger partial charge in [-0.25, -0.2) is 0 Å². The molecule has 4 rings (SSSR count). The van der Waals surface area contributed by atoms with Crippen LogP contribution in [0.25, 0.3) is 0 Å². The average molecular weight is 341 g/mol. The van der Waals surface area contributed by atoms with Crippen LogP contribution in [0.2, 0.25) is 0 Å². The SMILES string of the molecule is COc1ccccc1[C@@H]1C[C@H]1C(=O)N1CCCCC[C@@H]1c1ncon1. The van der Waals surface area contributed by atoms with E-state index in [2.05, 4.69) is 16.2 Å². The van der Waals surface area contributed by atoms with E-state index in [9.17, 15) is 4.79 Å². The van der Waals surface area contributed by atoms with Crippen LogP contribution in [0.1, 0.15) is 55.5 Å². The average Bonchev–Trinajstić information content (AvgIpc) is 3.34. The number of aromatic nitrogens is 2. The fraction of sp³-hybridized carbons (Fsp3) is 0.526. The van der Waals surface area contributed by atoms with Gasteiger partial charge in [0.1, 0.15) is 5.75 Å². The van der Waals surface area contributed by atoms with Crippen molar-refractivity contribution in [1.29, 1.82) is 0 Å². The second-order valence-electron chi connectivity index (χ2n) is 6.88. The molecule has 132 valence electrons. The summed E-state index contributed by atoms with van der Waals surface area (Å²) in [7, 11) is 1.68. The monoisotopic (exact) mass is 341 g/mol. The molecule has 0 bridgehead atoms. The van der Waals surface area contributed by atoms with Crippen molar-refractivity contribution >= 4 is 5.91 Å². The minimum absolute atomic E-state index is 0.0313. The van der Waals surface area contributed by atoms with Gasteiger partial charge in [0.15, 0.2) is 5.82 Å². The van der Waals surface area contributed by atoms with Gasteiger partial charge >= 0.3 is 0 Å². The minimum Gasteiger partial charge on any atom is -0.496 e. The maximum absolute atomic E-state index is 13.2. The zero-order chi connectivity index (χ0) is 17.2. The van der Waals surface area contributed by atoms with Gasteiger partial charge in [0, 0.05) is 12.5 Å². The van der Waals surface area contributed by atoms with Crippen LogP contribution in [0.15, 0.2) is 35.2 Å². The summed E-state index contributed by atoms with van der Waals surface area (Å²) < 4.78 is 10.4. The molecule has 1 aliphatic heterocycles. The quantitative estimate of drug-likeness (QED) is 0.853. The second kappa shape index (κ2) is 6.86. The topological polar surface area (TPSA) is 68.5 Å². The maximum atomic E-state index is 13.2. The molecule has 1 aliphatic carbocycles. The summed E-state index contributed by atoms with van der Waals surface area (Å²) in [6, 6.07) is 7.93. The largest absolute Gasteiger partial charge is 0.496 e. The Hall–Kier alpha value is -2.37. The Balaban J connectivity index is 1.53. The van der Waals surface area contributed by atoms with E-state index in [1.807, 2.05) is 23.1 Å². The van der Waals surface area contributed by atoms with E-state index in [4.69, 9.17) is 9.26 Å². The van der Waals surface area contributed by atoms with Gasteiger partial charge in [0.05, 0.1) is 13.2 Å². The number of carbonyl (C=O) groups is 1. The van der Waals surface area contributed by atoms with Crippen molar-refractivity contribution in [1.82, 2.24) is 15.0 Å². The van der Waals surface area contributed by atoms with E-state index in [1.165, 1.54) is 6.39 Å². The maximum Gasteiger partial charge on any atom is 0.226 e. The molecule has 1 aromatic carbocycles. The lowest BCUT2D eigenvalue weighted by Crippen LogP contribution is -2.36. The summed E-state index contributed by atoms with van der Waals surface area (Å²) in [5.41, 5.74) is 1.13. The van der Waals surface area contributed by atoms with Crippen molar-refractivity contribution in [2.24, 2.45) is 5.92 Å². The predicted octanol–water partition coefficient (Wildman–Crippen LogP) is 3.33. The summed E-state index contributed by atoms with van der Waals surface area (Å²) in [6.45, 7) is 0.771. The van der Waals surface area contributed by atoms with Gasteiger partial charge in [-0.3, -0.25) is 4.79 Å². The number of carbonyl (C=O) groups excluding carboxylic acids is 1. The Kier molecular flexibility index (Phi) is 4.42. The first-order valence-corrected chi connectivity index (χ1v) is 8.99. The zero-order valence-electron chi connectivity index (χ0n) is 14.4. The third kappa shape index (κ3) is 3.13. The summed E-state index contributed by atoms with van der Waals surface area (Å²) in [5.74, 6) is 1.99. The van der Waals surface area contributed by atoms with E-state index < -0.39 is 0 Å². The third-order valence-electron chi connectivity index (χ3n) is 5.36. The van der Waals surface area contributed by atoms with Crippen LogP contribution in [-0.4, -0.2) is 34.6 Å². The van der Waals surface area contributed by atoms with Crippen molar-refractivity contribution in [3.05, 3.63) is 42.0 Å². The molecule has 6 nitrogen and oxygen atoms in total. The van der Waals surface area contributed by atoms with Crippen LogP contribution >= 0.6 is 0 Å². The van der Waals surface area contributed by atoms with E-state index in [0.29, 0.717) is 5.82 Å². The number of hydrogen-bond acceptors (Lipinski definition) is 5. The number of ether oxygens (including phenoxy) is 1. The molecule has 1 saturated heterocycles. The van der Waals surface area contributed by atoms with Gasteiger partial charge in [0.2, 0.25) is 12.3 Å². The number of benzene rings is 1. The minimum atomic E-state index is -0.0623. The second-order valence-corrected chi connectivity index (χ2v) is 6.88. The number of amides is 1. The van der Waals surface area contributed by atoms with Gasteiger partial charge < -0.3 is 14.2 Å². The highest BCUT2D eigenvalue weighted by molar-refractivity contribution is 5.83. The number of rotatable bonds is 4. The molecule has 0 unspecified atom stereocenters. The lowest BCUT2D eigenvalue weighted by molar-refractivity contribution is -0.135. The molecule has 6 heteroatoms. The van der Waals surface area contributed by atoms with Crippen LogP contribution < -0.4 is 4.74 Å². The Bertz CT molecular complexity index is 731. The molecular formula is C19H23N3O3. The van der Waals surface area contributed by atoms with Crippen LogP contribution in [-0.2, 0) is 4.79 Å². The first-order chi connectivity index (χ1) is 12.3. The number of nitrogens with zero attached hydrogens (tertiary/aromatic N) is 3. The first kappa shape index (κ1) is 16.1. The summed E-state index contributed by atoms with van der Waals surface area (Å²) in [6.07, 6.45) is 6.39. The van der Waals surface area contributed by atoms with Gasteiger partial charge in [-0.2, -0.15) is 4.98 Å². The predicted molar refractivity (Wildman–Crippen MR) is 91.1 cm³/mol. The van der Waals surface area contributed by atoms with E-state index in [0.717, 1.165) is 50.0 Å². The molecule has 0 spiro atoms. The number of hydrogen-bond donors (Lipinski definition) is 0. The van der Waals surface area contributed by atoms with Crippen LogP contribution in [0.4, 0.5) is 0 Å². The molecule has 1 aromatic heterocycles. The molecule has 2 heterocycles. The highest BCUT2D eigenvalue weighted by Crippen LogP contribution is 2.52. The highest BCUT2D eigenvalue weighted by atomic mass is 16.5. The van der Waals surface area contributed by atoms with Crippen molar-refractivity contribution in [3.63, 3.8) is 0 Å². The Morgan fingerprint density at radius 1 is 1.28 bits per heavy atom. The smallest absolute Gasteiger partial charge is 0.226 e. The van der Waals surface area contributed by atoms with Gasteiger partial charge in [-0.05, 0) is 36.8 Å². The molecule has 3 atom stereocenters. The zero-order valence-corrected chi connectivity index (χ0v) is 14.4. The van der Waals surface area contributed by atoms with E-state index >= 15 is 0 Å². The molecule has 0 N–H and O–H groups in total. The first-order valence-electron chi connectivity index (χ1n) is 8.99. The van der Waals surface area contributed by atoms with Crippen molar-refractivity contribution < 1.29 is 14.1 Å². The van der Waals surface area contributed by atoms with Crippen molar-refractivity contribution in [3.8, 4) is 5.75 Å². The van der Waals surface area contributed by atoms with Crippen LogP contribution in [0, 0.1) is 5.92 Å². The molecule has 2 aliphatic rings. The Morgan fingerprint density at radius 2 is 2.16 bits per heavy atom. The standard InChI is InChI=1S/C19H23N3O3/c1-24-17-9-5-4-7-13(17)14-11-15(14)19(23)22-10-6-2-3-8-16(22)18-20-12-25-21-18/h4-5,7,9,12,14-16H,2-3,6,8,10-11H2,1H3/t14-,15+,16+/m0/s1. The highest BCUT2D eigenvalue weighted by Gasteiger charge is 2.48. The fourth-order valence-electron chi connectivity index (χ4n) is 3.96. The summed E-state index contributed by atoms with van der Waals surface area (Å²) in [5, 5.41) is 4.00. The van der Waals surface area contributed by atoms with Crippen LogP contribution in [0.5, 0.6) is 5.75 Å². The van der Waals surface area contributed by atoms with E-state index in [-0.39, 0.29) is 23.8 Å². The van der Waals surface area contributed by atoms with Crippen molar-refractivity contribution in [2.45, 2.75) is 44.1 Å². The third-order valence-corrected chi connectivity index (χ3v) is 5.36. The van der Waals surface area contributed by atoms with Gasteiger partial charge in [0.25, 0.3) is 0 Å². The Labute approximate surface area is 147 Å². The Morgan fingerprint density at radius 3 is 2.96 bits per heavy atom. The lowest BCUT2D eigenvalue weighted by Gasteiger charge is -2.28. The molecule has 1 amide bonds. The molecule has 25 heavy (non-hydrogen) atoms. The van der Waals surface area contributed by atoms with Gasteiger partial charge in [-0.15, -0.1) is 0 Å². The number of likely N-dealkylation sites (tertiary alicyclic amines) is 1. The molecule has 0 radical (unpaired) electrons. The van der Waals surface area contributed by atoms with Crippen LogP contribution in [0.3, 0.4) is 0 Å². The number of para-hydroxylation sites is 1. The summed E-state index contributed by atoms with van der Waals surface area (Å²) in [4.78, 5) is 19.4. The normalized spacial score (nSPS) is 26.1. The van der Waals surface area contributed by atoms with E-state index in [1.54, 1.807) is 7.11 Å². The van der Waals surface area contributed by atoms with Gasteiger partial charge in [-0.1, -0.05) is 36.2 Å². The lowest BCUT2D eigenvalue weighted by atomic mass is 10.1. The molecular weight excluding hydrogens is 318 g/mol. The molecule has 2 fully saturated rings. The summed E-state index contributed by atoms with van der Waals surface area (Å²) >= 11 is 0. The number of methoxy groups -OCH3 is 1. The molecule has 1 saturated carbocycles. The molecule has 2 aromatic rings. The van der Waals surface area contributed by atoms with Crippen molar-refractivity contribution in [2.75, 3.05) is 13.7 Å². The fourth-order valence-corrected chi connectivity index (χ4v) is 3.96.